The van der Waals surface area contributed by atoms with Gasteiger partial charge in [0.2, 0.25) is 0 Å². The normalized spacial score (nSPS) is 23.6. The van der Waals surface area contributed by atoms with Crippen molar-refractivity contribution in [2.45, 2.75) is 57.9 Å². The summed E-state index contributed by atoms with van der Waals surface area (Å²) in [5.41, 5.74) is 4.64. The van der Waals surface area contributed by atoms with Crippen LogP contribution in [0.4, 0.5) is 0 Å². The van der Waals surface area contributed by atoms with Crippen molar-refractivity contribution >= 4 is 57.6 Å². The molecule has 202 valence electrons. The number of para-hydroxylation sites is 1. The average Bonchev–Trinajstić information content (AvgIpc) is 3.57. The van der Waals surface area contributed by atoms with E-state index in [0.29, 0.717) is 39.4 Å². The molecule has 0 saturated heterocycles. The Kier molecular flexibility index (Phi) is 7.39. The van der Waals surface area contributed by atoms with Gasteiger partial charge in [-0.1, -0.05) is 60.0 Å². The summed E-state index contributed by atoms with van der Waals surface area (Å²) in [6, 6.07) is 13.2. The van der Waals surface area contributed by atoms with Crippen molar-refractivity contribution in [3.05, 3.63) is 74.9 Å². The Labute approximate surface area is 238 Å². The van der Waals surface area contributed by atoms with Gasteiger partial charge in [0.1, 0.15) is 0 Å². The third-order valence-corrected chi connectivity index (χ3v) is 9.68. The van der Waals surface area contributed by atoms with Crippen molar-refractivity contribution in [1.82, 2.24) is 10.3 Å². The lowest BCUT2D eigenvalue weighted by Gasteiger charge is -2.28. The number of carbonyl (C=O) groups excluding carboxylic acids is 2. The fourth-order valence-electron chi connectivity index (χ4n) is 7.04. The first kappa shape index (κ1) is 26.3. The lowest BCUT2D eigenvalue weighted by atomic mass is 9.84. The van der Waals surface area contributed by atoms with Gasteiger partial charge in [-0.05, 0) is 98.1 Å². The highest BCUT2D eigenvalue weighted by Gasteiger charge is 2.42. The third kappa shape index (κ3) is 5.19. The van der Waals surface area contributed by atoms with E-state index in [1.807, 2.05) is 42.5 Å². The lowest BCUT2D eigenvalue weighted by molar-refractivity contribution is -0.125. The van der Waals surface area contributed by atoms with Gasteiger partial charge in [0.25, 0.3) is 5.91 Å². The molecule has 1 aromatic heterocycles. The molecule has 3 aromatic rings. The standard InChI is InChI=1S/C32H32Cl2N2O3/c1-18(25-15-19-12-13-20(25)14-19)35-28(37)17-39-32(38)29-23-8-2-3-11-27(23)36-31-22(7-4-9-24(29)31)16-21-6-5-10-26(33)30(21)34/h2-3,5-6,8,10-11,16,18-20,25H,4,7,9,12-15,17H2,1H3,(H,35,37)/b22-16-/t18-,19+,20+,25+/m0/s1. The molecular formula is C32H32Cl2N2O3. The van der Waals surface area contributed by atoms with Crippen molar-refractivity contribution in [2.75, 3.05) is 6.61 Å². The molecule has 3 aliphatic rings. The number of benzene rings is 2. The Balaban J connectivity index is 1.26. The molecule has 39 heavy (non-hydrogen) atoms. The molecule has 2 fully saturated rings. The highest BCUT2D eigenvalue weighted by Crippen LogP contribution is 2.49. The molecule has 2 bridgehead atoms. The van der Waals surface area contributed by atoms with Gasteiger partial charge >= 0.3 is 5.97 Å². The maximum atomic E-state index is 13.6. The SMILES string of the molecule is C[C@H](NC(=O)COC(=O)c1c2c(nc3ccccc13)/C(=C\c1cccc(Cl)c1Cl)CCC2)[C@H]1C[C@@H]2CC[C@@H]1C2. The number of nitrogens with zero attached hydrogens (tertiary/aromatic N) is 1. The minimum absolute atomic E-state index is 0.0898. The van der Waals surface area contributed by atoms with Gasteiger partial charge in [-0.25, -0.2) is 9.78 Å². The van der Waals surface area contributed by atoms with Crippen molar-refractivity contribution in [1.29, 1.82) is 0 Å². The molecule has 1 N–H and O–H groups in total. The van der Waals surface area contributed by atoms with E-state index in [2.05, 4.69) is 12.2 Å². The van der Waals surface area contributed by atoms with Crippen LogP contribution in [0.5, 0.6) is 0 Å². The number of rotatable bonds is 6. The fraction of sp³-hybridized carbons (Fsp3) is 0.406. The van der Waals surface area contributed by atoms with Crippen molar-refractivity contribution in [3.63, 3.8) is 0 Å². The topological polar surface area (TPSA) is 68.3 Å². The first-order valence-corrected chi connectivity index (χ1v) is 14.7. The molecule has 7 heteroatoms. The molecule has 1 amide bonds. The molecule has 0 unspecified atom stereocenters. The van der Waals surface area contributed by atoms with Gasteiger partial charge in [0.05, 0.1) is 26.8 Å². The second kappa shape index (κ2) is 10.9. The highest BCUT2D eigenvalue weighted by atomic mass is 35.5. The summed E-state index contributed by atoms with van der Waals surface area (Å²) in [5, 5.41) is 4.81. The second-order valence-electron chi connectivity index (χ2n) is 11.3. The number of halogens is 2. The van der Waals surface area contributed by atoms with Gasteiger partial charge in [-0.15, -0.1) is 0 Å². The zero-order valence-electron chi connectivity index (χ0n) is 22.0. The molecule has 0 spiro atoms. The number of pyridine rings is 1. The zero-order chi connectivity index (χ0) is 27.1. The van der Waals surface area contributed by atoms with Crippen LogP contribution in [0.1, 0.15) is 72.6 Å². The molecule has 2 saturated carbocycles. The van der Waals surface area contributed by atoms with Crippen molar-refractivity contribution < 1.29 is 14.3 Å². The van der Waals surface area contributed by atoms with E-state index in [4.69, 9.17) is 32.9 Å². The number of amides is 1. The number of fused-ring (bicyclic) bond motifs is 4. The van der Waals surface area contributed by atoms with E-state index in [9.17, 15) is 9.59 Å². The molecule has 3 aliphatic carbocycles. The van der Waals surface area contributed by atoms with Crippen LogP contribution < -0.4 is 5.32 Å². The lowest BCUT2D eigenvalue weighted by Crippen LogP contribution is -2.42. The minimum atomic E-state index is -0.491. The van der Waals surface area contributed by atoms with Crippen LogP contribution in [-0.4, -0.2) is 29.5 Å². The maximum Gasteiger partial charge on any atom is 0.339 e. The molecule has 4 atom stereocenters. The Morgan fingerprint density at radius 3 is 2.74 bits per heavy atom. The molecular weight excluding hydrogens is 531 g/mol. The van der Waals surface area contributed by atoms with E-state index in [1.54, 1.807) is 6.07 Å². The number of esters is 1. The number of aromatic nitrogens is 1. The molecule has 5 nitrogen and oxygen atoms in total. The highest BCUT2D eigenvalue weighted by molar-refractivity contribution is 6.43. The van der Waals surface area contributed by atoms with Crippen LogP contribution in [0.25, 0.3) is 22.6 Å². The number of allylic oxidation sites excluding steroid dienone is 1. The number of ether oxygens (including phenoxy) is 1. The molecule has 2 aromatic carbocycles. The summed E-state index contributed by atoms with van der Waals surface area (Å²) in [6.07, 6.45) is 9.45. The Hall–Kier alpha value is -2.89. The van der Waals surface area contributed by atoms with Crippen LogP contribution >= 0.6 is 23.2 Å². The van der Waals surface area contributed by atoms with Crippen LogP contribution in [0.2, 0.25) is 10.0 Å². The van der Waals surface area contributed by atoms with Crippen LogP contribution in [-0.2, 0) is 16.0 Å². The fourth-order valence-corrected chi connectivity index (χ4v) is 7.40. The Morgan fingerprint density at radius 1 is 1.10 bits per heavy atom. The quantitative estimate of drug-likeness (QED) is 0.315. The third-order valence-electron chi connectivity index (χ3n) is 8.84. The summed E-state index contributed by atoms with van der Waals surface area (Å²) in [4.78, 5) is 31.3. The second-order valence-corrected chi connectivity index (χ2v) is 12.1. The molecule has 0 radical (unpaired) electrons. The van der Waals surface area contributed by atoms with Crippen molar-refractivity contribution in [2.24, 2.45) is 17.8 Å². The molecule has 6 rings (SSSR count). The summed E-state index contributed by atoms with van der Waals surface area (Å²) < 4.78 is 5.64. The van der Waals surface area contributed by atoms with E-state index in [1.165, 1.54) is 25.7 Å². The van der Waals surface area contributed by atoms with E-state index in [-0.39, 0.29) is 18.6 Å². The van der Waals surface area contributed by atoms with Crippen LogP contribution in [0.15, 0.2) is 42.5 Å². The first-order chi connectivity index (χ1) is 18.9. The Morgan fingerprint density at radius 2 is 1.95 bits per heavy atom. The van der Waals surface area contributed by atoms with Gasteiger partial charge in [0, 0.05) is 11.4 Å². The molecule has 1 heterocycles. The van der Waals surface area contributed by atoms with E-state index >= 15 is 0 Å². The van der Waals surface area contributed by atoms with Gasteiger partial charge in [-0.3, -0.25) is 4.79 Å². The monoisotopic (exact) mass is 562 g/mol. The van der Waals surface area contributed by atoms with E-state index < -0.39 is 5.97 Å². The smallest absolute Gasteiger partial charge is 0.339 e. The maximum absolute atomic E-state index is 13.6. The summed E-state index contributed by atoms with van der Waals surface area (Å²) in [7, 11) is 0. The van der Waals surface area contributed by atoms with Crippen molar-refractivity contribution in [3.8, 4) is 0 Å². The predicted octanol–water partition coefficient (Wildman–Crippen LogP) is 7.52. The first-order valence-electron chi connectivity index (χ1n) is 13.9. The van der Waals surface area contributed by atoms with Gasteiger partial charge < -0.3 is 10.1 Å². The van der Waals surface area contributed by atoms with Gasteiger partial charge in [-0.2, -0.15) is 0 Å². The minimum Gasteiger partial charge on any atom is -0.452 e. The molecule has 0 aliphatic heterocycles. The summed E-state index contributed by atoms with van der Waals surface area (Å²) in [5.74, 6) is 1.32. The number of hydrogen-bond acceptors (Lipinski definition) is 4. The van der Waals surface area contributed by atoms with Crippen LogP contribution in [0, 0.1) is 17.8 Å². The largest absolute Gasteiger partial charge is 0.452 e. The Bertz CT molecular complexity index is 1480. The summed E-state index contributed by atoms with van der Waals surface area (Å²) >= 11 is 12.7. The number of hydrogen-bond donors (Lipinski definition) is 1. The average molecular weight is 564 g/mol. The zero-order valence-corrected chi connectivity index (χ0v) is 23.5. The van der Waals surface area contributed by atoms with E-state index in [0.717, 1.165) is 46.5 Å². The number of nitrogens with one attached hydrogen (secondary N) is 1. The number of carbonyl (C=O) groups is 2. The predicted molar refractivity (Wildman–Crippen MR) is 156 cm³/mol. The van der Waals surface area contributed by atoms with Gasteiger partial charge in [0.15, 0.2) is 6.61 Å². The summed E-state index contributed by atoms with van der Waals surface area (Å²) in [6.45, 7) is 1.79. The van der Waals surface area contributed by atoms with Crippen LogP contribution in [0.3, 0.4) is 0 Å².